The van der Waals surface area contributed by atoms with E-state index in [1.165, 1.54) is 29.2 Å². The highest BCUT2D eigenvalue weighted by Crippen LogP contribution is 2.47. The molecule has 1 aromatic rings. The van der Waals surface area contributed by atoms with Crippen LogP contribution in [0.25, 0.3) is 0 Å². The summed E-state index contributed by atoms with van der Waals surface area (Å²) in [5, 5.41) is 0. The summed E-state index contributed by atoms with van der Waals surface area (Å²) in [5.41, 5.74) is 0.0148. The first-order valence-electron chi connectivity index (χ1n) is 6.25. The van der Waals surface area contributed by atoms with E-state index in [2.05, 4.69) is 0 Å². The predicted octanol–water partition coefficient (Wildman–Crippen LogP) is 2.65. The number of hydrogen-bond donors (Lipinski definition) is 0. The Balaban J connectivity index is 1.95. The average Bonchev–Trinajstić information content (AvgIpc) is 2.89. The lowest BCUT2D eigenvalue weighted by molar-refractivity contribution is -0.125. The van der Waals surface area contributed by atoms with Gasteiger partial charge in [-0.25, -0.2) is 4.39 Å². The number of benzene rings is 1. The summed E-state index contributed by atoms with van der Waals surface area (Å²) in [4.78, 5) is 25.7. The van der Waals surface area contributed by atoms with Gasteiger partial charge in [0.15, 0.2) is 0 Å². The lowest BCUT2D eigenvalue weighted by atomic mass is 9.84. The molecule has 0 radical (unpaired) electrons. The van der Waals surface area contributed by atoms with Crippen LogP contribution in [0.1, 0.15) is 32.1 Å². The van der Waals surface area contributed by atoms with E-state index in [4.69, 9.17) is 0 Å². The van der Waals surface area contributed by atoms with Gasteiger partial charge in [0.25, 0.3) is 0 Å². The van der Waals surface area contributed by atoms with Gasteiger partial charge in [0, 0.05) is 6.42 Å². The van der Waals surface area contributed by atoms with Crippen molar-refractivity contribution in [3.05, 3.63) is 30.1 Å². The summed E-state index contributed by atoms with van der Waals surface area (Å²) in [6, 6.07) is 5.52. The van der Waals surface area contributed by atoms with Crippen LogP contribution in [-0.2, 0) is 9.59 Å². The van der Waals surface area contributed by atoms with E-state index in [1.54, 1.807) is 0 Å². The smallest absolute Gasteiger partial charge is 0.240 e. The highest BCUT2D eigenvalue weighted by molar-refractivity contribution is 6.22. The second kappa shape index (κ2) is 3.90. The maximum atomic E-state index is 12.9. The van der Waals surface area contributed by atoms with Gasteiger partial charge >= 0.3 is 0 Å². The number of carbonyl (C=O) groups excluding carboxylic acids is 2. The molecule has 1 saturated heterocycles. The van der Waals surface area contributed by atoms with Gasteiger partial charge in [0.2, 0.25) is 11.8 Å². The van der Waals surface area contributed by atoms with Crippen molar-refractivity contribution >= 4 is 17.5 Å². The standard InChI is InChI=1S/C14H14FNO2/c15-10-3-5-11(6-4-10)16-12(17)9-14(13(16)18)7-1-2-8-14/h3-6H,1-2,7-9H2. The van der Waals surface area contributed by atoms with Gasteiger partial charge in [0.05, 0.1) is 11.1 Å². The number of carbonyl (C=O) groups is 2. The van der Waals surface area contributed by atoms with Gasteiger partial charge in [-0.05, 0) is 37.1 Å². The maximum Gasteiger partial charge on any atom is 0.240 e. The fourth-order valence-corrected chi connectivity index (χ4v) is 3.09. The van der Waals surface area contributed by atoms with Crippen LogP contribution in [0.15, 0.2) is 24.3 Å². The molecule has 0 bridgehead atoms. The Morgan fingerprint density at radius 2 is 1.67 bits per heavy atom. The fraction of sp³-hybridized carbons (Fsp3) is 0.429. The molecule has 3 rings (SSSR count). The maximum absolute atomic E-state index is 12.9. The van der Waals surface area contributed by atoms with E-state index in [0.29, 0.717) is 12.1 Å². The second-order valence-electron chi connectivity index (χ2n) is 5.17. The second-order valence-corrected chi connectivity index (χ2v) is 5.17. The number of imide groups is 1. The van der Waals surface area contributed by atoms with E-state index >= 15 is 0 Å². The quantitative estimate of drug-likeness (QED) is 0.715. The lowest BCUT2D eigenvalue weighted by Crippen LogP contribution is -2.34. The molecular weight excluding hydrogens is 233 g/mol. The van der Waals surface area contributed by atoms with E-state index in [9.17, 15) is 14.0 Å². The first-order chi connectivity index (χ1) is 8.62. The average molecular weight is 247 g/mol. The molecule has 1 aliphatic heterocycles. The molecule has 94 valence electrons. The Hall–Kier alpha value is -1.71. The molecule has 18 heavy (non-hydrogen) atoms. The molecule has 0 N–H and O–H groups in total. The molecule has 1 aromatic carbocycles. The van der Waals surface area contributed by atoms with Crippen LogP contribution in [0.2, 0.25) is 0 Å². The third-order valence-electron chi connectivity index (χ3n) is 4.04. The molecule has 2 amide bonds. The van der Waals surface area contributed by atoms with Crippen LogP contribution in [0, 0.1) is 11.2 Å². The van der Waals surface area contributed by atoms with Crippen molar-refractivity contribution in [1.29, 1.82) is 0 Å². The molecule has 1 saturated carbocycles. The largest absolute Gasteiger partial charge is 0.274 e. The third-order valence-corrected chi connectivity index (χ3v) is 4.04. The Morgan fingerprint density at radius 1 is 1.06 bits per heavy atom. The van der Waals surface area contributed by atoms with Crippen LogP contribution in [0.3, 0.4) is 0 Å². The first kappa shape index (κ1) is 11.4. The van der Waals surface area contributed by atoms with Crippen molar-refractivity contribution in [1.82, 2.24) is 0 Å². The monoisotopic (exact) mass is 247 g/mol. The molecule has 2 aliphatic rings. The van der Waals surface area contributed by atoms with Crippen LogP contribution >= 0.6 is 0 Å². The van der Waals surface area contributed by atoms with Gasteiger partial charge in [-0.3, -0.25) is 14.5 Å². The van der Waals surface area contributed by atoms with Crippen molar-refractivity contribution < 1.29 is 14.0 Å². The van der Waals surface area contributed by atoms with Crippen LogP contribution < -0.4 is 4.90 Å². The summed E-state index contributed by atoms with van der Waals surface area (Å²) in [7, 11) is 0. The minimum Gasteiger partial charge on any atom is -0.274 e. The SMILES string of the molecule is O=C1CC2(CCCC2)C(=O)N1c1ccc(F)cc1. The fourth-order valence-electron chi connectivity index (χ4n) is 3.09. The highest BCUT2D eigenvalue weighted by atomic mass is 19.1. The van der Waals surface area contributed by atoms with Gasteiger partial charge in [-0.15, -0.1) is 0 Å². The molecule has 1 spiro atoms. The minimum absolute atomic E-state index is 0.100. The molecule has 0 atom stereocenters. The molecule has 2 fully saturated rings. The summed E-state index contributed by atoms with van der Waals surface area (Å²) >= 11 is 0. The lowest BCUT2D eigenvalue weighted by Gasteiger charge is -2.20. The number of halogens is 1. The summed E-state index contributed by atoms with van der Waals surface area (Å²) in [6.07, 6.45) is 3.93. The van der Waals surface area contributed by atoms with E-state index in [-0.39, 0.29) is 17.6 Å². The normalized spacial score (nSPS) is 22.2. The van der Waals surface area contributed by atoms with E-state index in [0.717, 1.165) is 25.7 Å². The van der Waals surface area contributed by atoms with Crippen molar-refractivity contribution in [2.24, 2.45) is 5.41 Å². The Labute approximate surface area is 105 Å². The number of nitrogens with zero attached hydrogens (tertiary/aromatic N) is 1. The number of anilines is 1. The van der Waals surface area contributed by atoms with E-state index < -0.39 is 5.41 Å². The molecule has 4 heteroatoms. The zero-order chi connectivity index (χ0) is 12.8. The number of rotatable bonds is 1. The Morgan fingerprint density at radius 3 is 2.28 bits per heavy atom. The number of amides is 2. The Kier molecular flexibility index (Phi) is 2.47. The Bertz CT molecular complexity index is 503. The zero-order valence-electron chi connectivity index (χ0n) is 9.99. The van der Waals surface area contributed by atoms with Crippen molar-refractivity contribution in [3.8, 4) is 0 Å². The van der Waals surface area contributed by atoms with Crippen LogP contribution in [0.4, 0.5) is 10.1 Å². The molecule has 0 unspecified atom stereocenters. The molecule has 3 nitrogen and oxygen atoms in total. The zero-order valence-corrected chi connectivity index (χ0v) is 9.99. The summed E-state index contributed by atoms with van der Waals surface area (Å²) in [6.45, 7) is 0. The molecule has 1 aliphatic carbocycles. The molecule has 1 heterocycles. The van der Waals surface area contributed by atoms with Crippen molar-refractivity contribution in [3.63, 3.8) is 0 Å². The van der Waals surface area contributed by atoms with Crippen LogP contribution in [-0.4, -0.2) is 11.8 Å². The van der Waals surface area contributed by atoms with Gasteiger partial charge in [-0.1, -0.05) is 12.8 Å². The summed E-state index contributed by atoms with van der Waals surface area (Å²) < 4.78 is 12.9. The summed E-state index contributed by atoms with van der Waals surface area (Å²) in [5.74, 6) is -0.626. The van der Waals surface area contributed by atoms with Gasteiger partial charge in [-0.2, -0.15) is 0 Å². The van der Waals surface area contributed by atoms with Crippen molar-refractivity contribution in [2.45, 2.75) is 32.1 Å². The third kappa shape index (κ3) is 1.55. The minimum atomic E-state index is -0.467. The topological polar surface area (TPSA) is 37.4 Å². The highest BCUT2D eigenvalue weighted by Gasteiger charge is 2.52. The number of hydrogen-bond acceptors (Lipinski definition) is 2. The first-order valence-corrected chi connectivity index (χ1v) is 6.25. The van der Waals surface area contributed by atoms with Crippen molar-refractivity contribution in [2.75, 3.05) is 4.90 Å². The molecule has 0 aromatic heterocycles. The van der Waals surface area contributed by atoms with Gasteiger partial charge in [0.1, 0.15) is 5.82 Å². The predicted molar refractivity (Wildman–Crippen MR) is 64.4 cm³/mol. The molecular formula is C14H14FNO2. The van der Waals surface area contributed by atoms with Crippen LogP contribution in [0.5, 0.6) is 0 Å². The van der Waals surface area contributed by atoms with Gasteiger partial charge < -0.3 is 0 Å². The van der Waals surface area contributed by atoms with E-state index in [1.807, 2.05) is 0 Å².